The summed E-state index contributed by atoms with van der Waals surface area (Å²) in [6, 6.07) is 147. The van der Waals surface area contributed by atoms with E-state index in [1.165, 1.54) is 87.9 Å². The van der Waals surface area contributed by atoms with E-state index in [-0.39, 0.29) is 0 Å². The Kier molecular flexibility index (Phi) is 17.1. The first-order valence-electron chi connectivity index (χ1n) is 40.0. The molecule has 6 heterocycles. The molecule has 552 valence electrons. The van der Waals surface area contributed by atoms with Gasteiger partial charge < -0.3 is 9.13 Å². The minimum Gasteiger partial charge on any atom is -0.309 e. The molecule has 0 atom stereocenters. The number of hydrogen-bond acceptors (Lipinski definition) is 4. The summed E-state index contributed by atoms with van der Waals surface area (Å²) in [6.07, 6.45) is 7.85. The predicted molar refractivity (Wildman–Crippen MR) is 490 cm³/mol. The van der Waals surface area contributed by atoms with Gasteiger partial charge in [-0.2, -0.15) is 0 Å². The van der Waals surface area contributed by atoms with E-state index in [1.54, 1.807) is 0 Å². The molecule has 0 N–H and O–H groups in total. The lowest BCUT2D eigenvalue weighted by atomic mass is 9.90. The Morgan fingerprint density at radius 3 is 0.822 bits per heavy atom. The normalized spacial score (nSPS) is 11.6. The van der Waals surface area contributed by atoms with Gasteiger partial charge in [0, 0.05) is 90.4 Å². The van der Waals surface area contributed by atoms with E-state index in [4.69, 9.17) is 19.9 Å². The van der Waals surface area contributed by atoms with E-state index < -0.39 is 0 Å². The maximum atomic E-state index is 5.07. The number of nitrogens with zero attached hydrogens (tertiary/aromatic N) is 8. The second-order valence-electron chi connectivity index (χ2n) is 30.1. The molecule has 23 rings (SSSR count). The maximum Gasteiger partial charge on any atom is 0.234 e. The smallest absolute Gasteiger partial charge is 0.234 e. The van der Waals surface area contributed by atoms with Crippen molar-refractivity contribution in [3.05, 3.63) is 437 Å². The van der Waals surface area contributed by atoms with Gasteiger partial charge in [0.25, 0.3) is 0 Å². The van der Waals surface area contributed by atoms with Crippen molar-refractivity contribution in [3.8, 4) is 123 Å². The van der Waals surface area contributed by atoms with E-state index in [0.717, 1.165) is 111 Å². The number of aromatic nitrogens is 8. The molecule has 0 saturated heterocycles. The van der Waals surface area contributed by atoms with Crippen molar-refractivity contribution in [2.24, 2.45) is 0 Å². The topological polar surface area (TPSA) is 71.3 Å². The molecule has 8 heteroatoms. The molecule has 0 aliphatic carbocycles. The largest absolute Gasteiger partial charge is 0.309 e. The van der Waals surface area contributed by atoms with Gasteiger partial charge in [-0.3, -0.25) is 9.13 Å². The van der Waals surface area contributed by atoms with Crippen LogP contribution in [0.5, 0.6) is 0 Å². The van der Waals surface area contributed by atoms with E-state index in [1.807, 2.05) is 24.8 Å². The highest BCUT2D eigenvalue weighted by atomic mass is 15.2. The van der Waals surface area contributed by atoms with E-state index in [0.29, 0.717) is 11.9 Å². The van der Waals surface area contributed by atoms with Crippen LogP contribution in [0.1, 0.15) is 0 Å². The molecule has 0 fully saturated rings. The van der Waals surface area contributed by atoms with Gasteiger partial charge in [-0.25, -0.2) is 19.9 Å². The summed E-state index contributed by atoms with van der Waals surface area (Å²) in [5.74, 6) is 1.28. The zero-order valence-corrected chi connectivity index (χ0v) is 64.1. The third-order valence-electron chi connectivity index (χ3n) is 23.3. The highest BCUT2D eigenvalue weighted by molar-refractivity contribution is 6.15. The molecule has 6 aromatic heterocycles. The second kappa shape index (κ2) is 29.3. The van der Waals surface area contributed by atoms with Gasteiger partial charge in [0.05, 0.1) is 44.1 Å². The minimum absolute atomic E-state index is 0.637. The molecule has 0 amide bonds. The van der Waals surface area contributed by atoms with Crippen molar-refractivity contribution in [2.75, 3.05) is 0 Å². The van der Waals surface area contributed by atoms with Gasteiger partial charge >= 0.3 is 0 Å². The van der Waals surface area contributed by atoms with Crippen LogP contribution in [0.25, 0.3) is 211 Å². The van der Waals surface area contributed by atoms with Crippen LogP contribution in [0, 0.1) is 0 Å². The number of para-hydroxylation sites is 6. The summed E-state index contributed by atoms with van der Waals surface area (Å²) in [5, 5.41) is 9.64. The fourth-order valence-corrected chi connectivity index (χ4v) is 17.7. The van der Waals surface area contributed by atoms with Gasteiger partial charge in [0.1, 0.15) is 0 Å². The summed E-state index contributed by atoms with van der Waals surface area (Å²) in [5.41, 5.74) is 31.8. The van der Waals surface area contributed by atoms with Crippen LogP contribution in [-0.2, 0) is 0 Å². The van der Waals surface area contributed by atoms with Crippen LogP contribution in [0.3, 0.4) is 0 Å². The first kappa shape index (κ1) is 68.9. The van der Waals surface area contributed by atoms with Crippen molar-refractivity contribution in [1.82, 2.24) is 38.2 Å². The number of benzene rings is 17. The van der Waals surface area contributed by atoms with E-state index >= 15 is 0 Å². The van der Waals surface area contributed by atoms with Gasteiger partial charge in [0.15, 0.2) is 0 Å². The number of fused-ring (bicyclic) bond motifs is 12. The van der Waals surface area contributed by atoms with Gasteiger partial charge in [-0.05, 0) is 192 Å². The van der Waals surface area contributed by atoms with Crippen molar-refractivity contribution >= 4 is 87.2 Å². The minimum atomic E-state index is 0.637. The monoisotopic (exact) mass is 1500 g/mol. The van der Waals surface area contributed by atoms with Crippen molar-refractivity contribution in [3.63, 3.8) is 0 Å². The van der Waals surface area contributed by atoms with Crippen molar-refractivity contribution in [2.45, 2.75) is 0 Å². The summed E-state index contributed by atoms with van der Waals surface area (Å²) in [4.78, 5) is 20.2. The zero-order valence-electron chi connectivity index (χ0n) is 64.1. The lowest BCUT2D eigenvalue weighted by Crippen LogP contribution is -2.01. The SMILES string of the molecule is c1ccc(-c2ccc(-c3cc(-c4ccccc4)cc(-c4cnc(-n5c6ccccc6c6cc(-c7ccc8c9ccccc9n(-c9ccccc9)c8c7)ccc65)nc4)c3)cc2)cc1.c1ccc(-c2ccccc2-c2ccccc2-c2cnc(-n3c4ccccc4c4cc(-c5ccc6c7ccccc7n(-c7ccccc7)c6c5)ccc43)nc2)cc1. The quantitative estimate of drug-likeness (QED) is 0.115. The summed E-state index contributed by atoms with van der Waals surface area (Å²) < 4.78 is 9.13. The Labute approximate surface area is 681 Å². The summed E-state index contributed by atoms with van der Waals surface area (Å²) >= 11 is 0. The molecule has 0 radical (unpaired) electrons. The van der Waals surface area contributed by atoms with Crippen LogP contribution in [0.4, 0.5) is 0 Å². The summed E-state index contributed by atoms with van der Waals surface area (Å²) in [6.45, 7) is 0. The first-order valence-corrected chi connectivity index (χ1v) is 40.0. The zero-order chi connectivity index (χ0) is 78.0. The average molecular weight is 1510 g/mol. The molecule has 0 spiro atoms. The molecule has 0 saturated carbocycles. The number of rotatable bonds is 13. The first-order chi connectivity index (χ1) is 58.5. The van der Waals surface area contributed by atoms with E-state index in [9.17, 15) is 0 Å². The van der Waals surface area contributed by atoms with Gasteiger partial charge in [-0.1, -0.05) is 309 Å². The highest BCUT2D eigenvalue weighted by Crippen LogP contribution is 2.44. The molecule has 0 aliphatic heterocycles. The third kappa shape index (κ3) is 12.2. The maximum absolute atomic E-state index is 5.07. The summed E-state index contributed by atoms with van der Waals surface area (Å²) in [7, 11) is 0. The van der Waals surface area contributed by atoms with Crippen LogP contribution < -0.4 is 0 Å². The molecule has 23 aromatic rings. The molecule has 118 heavy (non-hydrogen) atoms. The molecule has 0 aliphatic rings. The van der Waals surface area contributed by atoms with Gasteiger partial charge in [0.2, 0.25) is 11.9 Å². The van der Waals surface area contributed by atoms with Crippen LogP contribution >= 0.6 is 0 Å². The fourth-order valence-electron chi connectivity index (χ4n) is 17.7. The molecular weight excluding hydrogens is 1430 g/mol. The molecule has 8 nitrogen and oxygen atoms in total. The number of hydrogen-bond donors (Lipinski definition) is 0. The molecular formula is C110H72N8. The lowest BCUT2D eigenvalue weighted by molar-refractivity contribution is 0.990. The Bertz CT molecular complexity index is 7740. The predicted octanol–water partition coefficient (Wildman–Crippen LogP) is 28.3. The Hall–Kier alpha value is -15.9. The molecule has 17 aromatic carbocycles. The third-order valence-corrected chi connectivity index (χ3v) is 23.3. The van der Waals surface area contributed by atoms with Crippen LogP contribution in [0.15, 0.2) is 437 Å². The highest BCUT2D eigenvalue weighted by Gasteiger charge is 2.22. The molecule has 0 unspecified atom stereocenters. The van der Waals surface area contributed by atoms with Gasteiger partial charge in [-0.15, -0.1) is 0 Å². The Balaban J connectivity index is 0.000000143. The van der Waals surface area contributed by atoms with Crippen molar-refractivity contribution < 1.29 is 0 Å². The fraction of sp³-hybridized carbons (Fsp3) is 0. The lowest BCUT2D eigenvalue weighted by Gasteiger charge is -2.15. The average Bonchev–Trinajstić information content (AvgIpc) is 1.58. The Morgan fingerprint density at radius 2 is 0.398 bits per heavy atom. The Morgan fingerprint density at radius 1 is 0.136 bits per heavy atom. The second-order valence-corrected chi connectivity index (χ2v) is 30.1. The molecule has 0 bridgehead atoms. The van der Waals surface area contributed by atoms with Crippen LogP contribution in [-0.4, -0.2) is 38.2 Å². The standard InChI is InChI=1S/C58H38N4.C52H34N4/c1-4-14-39(15-5-1)41-24-26-42(27-25-41)46-32-45(40-16-6-2-7-17-40)33-47(34-46)48-37-59-58(60-38-48)62-55-23-13-11-21-51(55)53-35-43(29-31-56(53)62)44-28-30-52-50-20-10-12-22-54(50)61(57(52)36-44)49-18-8-3-9-19-49;1-3-15-35(16-4-1)40-19-7-9-21-42(40)43-22-10-8-20-41(43)38-33-53-52(54-34-38)56-49-26-14-12-24-45(49)47-31-36(28-30-50(47)56)37-27-29-46-44-23-11-13-25-48(44)55(51(46)32-37)39-17-5-2-6-18-39/h1-38H;1-34H. The van der Waals surface area contributed by atoms with Crippen LogP contribution in [0.2, 0.25) is 0 Å². The van der Waals surface area contributed by atoms with Crippen molar-refractivity contribution in [1.29, 1.82) is 0 Å². The van der Waals surface area contributed by atoms with E-state index in [2.05, 4.69) is 431 Å².